The Balaban J connectivity index is 1.76. The molecule has 1 heterocycles. The number of amides is 1. The molecule has 5 heteroatoms. The summed E-state index contributed by atoms with van der Waals surface area (Å²) in [6.45, 7) is 2.85. The van der Waals surface area contributed by atoms with Crippen LogP contribution in [0.4, 0.5) is 0 Å². The average molecular weight is 385 g/mol. The Labute approximate surface area is 170 Å². The Morgan fingerprint density at radius 3 is 2.38 bits per heavy atom. The van der Waals surface area contributed by atoms with Gasteiger partial charge in [-0.3, -0.25) is 4.79 Å². The molecule has 1 N–H and O–H groups in total. The summed E-state index contributed by atoms with van der Waals surface area (Å²) in [4.78, 5) is 17.9. The van der Waals surface area contributed by atoms with E-state index in [0.717, 1.165) is 29.0 Å². The summed E-state index contributed by atoms with van der Waals surface area (Å²) in [6.07, 6.45) is 0. The van der Waals surface area contributed by atoms with E-state index in [1.54, 1.807) is 31.4 Å². The number of carbonyl (C=O) groups excluding carboxylic acids is 1. The summed E-state index contributed by atoms with van der Waals surface area (Å²) in [7, 11) is 1.61. The van der Waals surface area contributed by atoms with E-state index in [9.17, 15) is 4.79 Å². The lowest BCUT2D eigenvalue weighted by atomic mass is 10.1. The van der Waals surface area contributed by atoms with E-state index in [4.69, 9.17) is 9.72 Å². The Morgan fingerprint density at radius 1 is 1.00 bits per heavy atom. The molecule has 1 unspecified atom stereocenters. The Bertz CT molecular complexity index is 1120. The molecular weight excluding hydrogens is 362 g/mol. The number of imidazole rings is 1. The van der Waals surface area contributed by atoms with Crippen LogP contribution in [0.3, 0.4) is 0 Å². The molecular formula is C24H23N3O2. The van der Waals surface area contributed by atoms with Gasteiger partial charge in [0.1, 0.15) is 17.6 Å². The standard InChI is InChI=1S/C24H23N3O2/c1-3-27-21-12-8-7-11-20(21)25-23(27)22(17-9-5-4-6-10-17)26-24(28)18-13-15-19(29-2)16-14-18/h4-16,22H,3H2,1-2H3,(H,26,28). The molecule has 5 nitrogen and oxygen atoms in total. The lowest BCUT2D eigenvalue weighted by Crippen LogP contribution is -2.31. The number of methoxy groups -OCH3 is 1. The second-order valence-corrected chi connectivity index (χ2v) is 6.75. The second kappa shape index (κ2) is 8.19. The summed E-state index contributed by atoms with van der Waals surface area (Å²) < 4.78 is 7.34. The van der Waals surface area contributed by atoms with Gasteiger partial charge in [-0.25, -0.2) is 4.98 Å². The van der Waals surface area contributed by atoms with Crippen molar-refractivity contribution in [3.05, 3.63) is 95.8 Å². The van der Waals surface area contributed by atoms with Crippen molar-refractivity contribution in [3.63, 3.8) is 0 Å². The predicted molar refractivity (Wildman–Crippen MR) is 114 cm³/mol. The average Bonchev–Trinajstić information content (AvgIpc) is 3.16. The topological polar surface area (TPSA) is 56.2 Å². The van der Waals surface area contributed by atoms with Crippen molar-refractivity contribution < 1.29 is 9.53 Å². The van der Waals surface area contributed by atoms with Crippen LogP contribution in [0.25, 0.3) is 11.0 Å². The van der Waals surface area contributed by atoms with Crippen molar-refractivity contribution in [3.8, 4) is 5.75 Å². The van der Waals surface area contributed by atoms with Crippen molar-refractivity contribution >= 4 is 16.9 Å². The van der Waals surface area contributed by atoms with E-state index in [1.807, 2.05) is 48.5 Å². The zero-order chi connectivity index (χ0) is 20.2. The number of hydrogen-bond acceptors (Lipinski definition) is 3. The number of para-hydroxylation sites is 2. The van der Waals surface area contributed by atoms with E-state index >= 15 is 0 Å². The fourth-order valence-electron chi connectivity index (χ4n) is 3.55. The van der Waals surface area contributed by atoms with Gasteiger partial charge in [-0.1, -0.05) is 42.5 Å². The highest BCUT2D eigenvalue weighted by atomic mass is 16.5. The summed E-state index contributed by atoms with van der Waals surface area (Å²) in [5.74, 6) is 1.38. The molecule has 0 spiro atoms. The second-order valence-electron chi connectivity index (χ2n) is 6.75. The van der Waals surface area contributed by atoms with E-state index in [-0.39, 0.29) is 11.9 Å². The molecule has 146 valence electrons. The zero-order valence-electron chi connectivity index (χ0n) is 16.5. The minimum atomic E-state index is -0.363. The number of carbonyl (C=O) groups is 1. The van der Waals surface area contributed by atoms with Crippen LogP contribution in [0.1, 0.15) is 34.7 Å². The third-order valence-electron chi connectivity index (χ3n) is 5.02. The number of aromatic nitrogens is 2. The fourth-order valence-corrected chi connectivity index (χ4v) is 3.55. The van der Waals surface area contributed by atoms with Crippen molar-refractivity contribution in [2.45, 2.75) is 19.5 Å². The van der Waals surface area contributed by atoms with Crippen LogP contribution in [-0.4, -0.2) is 22.6 Å². The van der Waals surface area contributed by atoms with Gasteiger partial charge in [-0.2, -0.15) is 0 Å². The normalized spacial score (nSPS) is 11.9. The lowest BCUT2D eigenvalue weighted by molar-refractivity contribution is 0.0941. The van der Waals surface area contributed by atoms with E-state index in [2.05, 4.69) is 22.9 Å². The quantitative estimate of drug-likeness (QED) is 0.528. The molecule has 1 atom stereocenters. The fraction of sp³-hybridized carbons (Fsp3) is 0.167. The van der Waals surface area contributed by atoms with Gasteiger partial charge < -0.3 is 14.6 Å². The van der Waals surface area contributed by atoms with Crippen LogP contribution in [0.5, 0.6) is 5.75 Å². The van der Waals surface area contributed by atoms with Gasteiger partial charge in [-0.15, -0.1) is 0 Å². The van der Waals surface area contributed by atoms with Crippen molar-refractivity contribution in [2.24, 2.45) is 0 Å². The molecule has 4 rings (SSSR count). The Hall–Kier alpha value is -3.60. The first-order valence-corrected chi connectivity index (χ1v) is 9.66. The van der Waals surface area contributed by atoms with Gasteiger partial charge in [0.25, 0.3) is 5.91 Å². The summed E-state index contributed by atoms with van der Waals surface area (Å²) in [5, 5.41) is 3.18. The first kappa shape index (κ1) is 18.7. The minimum Gasteiger partial charge on any atom is -0.497 e. The molecule has 0 aliphatic rings. The molecule has 0 aliphatic heterocycles. The van der Waals surface area contributed by atoms with Gasteiger partial charge in [0.15, 0.2) is 0 Å². The summed E-state index contributed by atoms with van der Waals surface area (Å²) in [5.41, 5.74) is 3.54. The van der Waals surface area contributed by atoms with Gasteiger partial charge in [0, 0.05) is 12.1 Å². The maximum Gasteiger partial charge on any atom is 0.252 e. The number of aryl methyl sites for hydroxylation is 1. The number of benzene rings is 3. The number of ether oxygens (including phenoxy) is 1. The number of nitrogens with one attached hydrogen (secondary N) is 1. The van der Waals surface area contributed by atoms with E-state index in [1.165, 1.54) is 0 Å². The summed E-state index contributed by atoms with van der Waals surface area (Å²) >= 11 is 0. The number of hydrogen-bond donors (Lipinski definition) is 1. The maximum atomic E-state index is 13.0. The Kier molecular flexibility index (Phi) is 5.29. The van der Waals surface area contributed by atoms with E-state index < -0.39 is 0 Å². The molecule has 0 aliphatic carbocycles. The molecule has 1 amide bonds. The smallest absolute Gasteiger partial charge is 0.252 e. The number of rotatable bonds is 6. The number of nitrogens with zero attached hydrogens (tertiary/aromatic N) is 2. The van der Waals surface area contributed by atoms with Crippen molar-refractivity contribution in [1.29, 1.82) is 0 Å². The van der Waals surface area contributed by atoms with Crippen LogP contribution in [-0.2, 0) is 6.54 Å². The van der Waals surface area contributed by atoms with Gasteiger partial charge in [0.05, 0.1) is 18.1 Å². The van der Waals surface area contributed by atoms with E-state index in [0.29, 0.717) is 11.3 Å². The van der Waals surface area contributed by atoms with Crippen molar-refractivity contribution in [2.75, 3.05) is 7.11 Å². The first-order chi connectivity index (χ1) is 14.2. The monoisotopic (exact) mass is 385 g/mol. The highest BCUT2D eigenvalue weighted by Gasteiger charge is 2.24. The molecule has 4 aromatic rings. The van der Waals surface area contributed by atoms with Crippen LogP contribution >= 0.6 is 0 Å². The molecule has 0 bridgehead atoms. The molecule has 1 aromatic heterocycles. The van der Waals surface area contributed by atoms with Crippen LogP contribution in [0.15, 0.2) is 78.9 Å². The SMILES string of the molecule is CCn1c(C(NC(=O)c2ccc(OC)cc2)c2ccccc2)nc2ccccc21. The zero-order valence-corrected chi connectivity index (χ0v) is 16.5. The Morgan fingerprint density at radius 2 is 1.69 bits per heavy atom. The molecule has 29 heavy (non-hydrogen) atoms. The minimum absolute atomic E-state index is 0.156. The maximum absolute atomic E-state index is 13.0. The molecule has 0 saturated heterocycles. The number of fused-ring (bicyclic) bond motifs is 1. The first-order valence-electron chi connectivity index (χ1n) is 9.66. The molecule has 3 aromatic carbocycles. The van der Waals surface area contributed by atoms with Gasteiger partial charge in [-0.05, 0) is 48.9 Å². The van der Waals surface area contributed by atoms with Crippen LogP contribution in [0, 0.1) is 0 Å². The third kappa shape index (κ3) is 3.72. The highest BCUT2D eigenvalue weighted by Crippen LogP contribution is 2.26. The highest BCUT2D eigenvalue weighted by molar-refractivity contribution is 5.94. The van der Waals surface area contributed by atoms with Gasteiger partial charge in [0.2, 0.25) is 0 Å². The lowest BCUT2D eigenvalue weighted by Gasteiger charge is -2.20. The van der Waals surface area contributed by atoms with Crippen LogP contribution in [0.2, 0.25) is 0 Å². The molecule has 0 radical (unpaired) electrons. The van der Waals surface area contributed by atoms with Gasteiger partial charge >= 0.3 is 0 Å². The van der Waals surface area contributed by atoms with Crippen LogP contribution < -0.4 is 10.1 Å². The molecule has 0 fully saturated rings. The molecule has 0 saturated carbocycles. The summed E-state index contributed by atoms with van der Waals surface area (Å²) in [6, 6.07) is 24.7. The predicted octanol–water partition coefficient (Wildman–Crippen LogP) is 4.58. The third-order valence-corrected chi connectivity index (χ3v) is 5.02. The van der Waals surface area contributed by atoms with Crippen molar-refractivity contribution in [1.82, 2.24) is 14.9 Å². The largest absolute Gasteiger partial charge is 0.497 e.